The molecule has 0 aromatic carbocycles. The summed E-state index contributed by atoms with van der Waals surface area (Å²) in [6.07, 6.45) is 2.14. The van der Waals surface area contributed by atoms with Crippen LogP contribution in [0.4, 0.5) is 8.78 Å². The van der Waals surface area contributed by atoms with E-state index in [1.807, 2.05) is 0 Å². The number of hydrogen-bond acceptors (Lipinski definition) is 3. The van der Waals surface area contributed by atoms with Gasteiger partial charge in [-0.05, 0) is 24.5 Å². The zero-order chi connectivity index (χ0) is 15.0. The van der Waals surface area contributed by atoms with Gasteiger partial charge in [0.1, 0.15) is 5.69 Å². The van der Waals surface area contributed by atoms with Crippen LogP contribution in [-0.4, -0.2) is 30.1 Å². The number of rotatable bonds is 3. The Balaban J connectivity index is 2.31. The Labute approximate surface area is 116 Å². The number of carbonyl (C=O) groups excluding carboxylic acids is 1. The van der Waals surface area contributed by atoms with Gasteiger partial charge < -0.3 is 15.0 Å². The smallest absolute Gasteiger partial charge is 0.354 e. The van der Waals surface area contributed by atoms with Gasteiger partial charge in [0.15, 0.2) is 0 Å². The second kappa shape index (κ2) is 5.16. The quantitative estimate of drug-likeness (QED) is 0.867. The molecule has 6 heteroatoms. The Kier molecular flexibility index (Phi) is 3.86. The average molecular weight is 286 g/mol. The lowest BCUT2D eigenvalue weighted by Gasteiger charge is -2.39. The fourth-order valence-corrected chi connectivity index (χ4v) is 2.87. The highest BCUT2D eigenvalue weighted by Crippen LogP contribution is 2.45. The molecule has 0 bridgehead atoms. The summed E-state index contributed by atoms with van der Waals surface area (Å²) in [5, 5.41) is 0. The number of carbonyl (C=O) groups is 1. The predicted octanol–water partition coefficient (Wildman–Crippen LogP) is 2.22. The highest BCUT2D eigenvalue weighted by atomic mass is 19.3. The van der Waals surface area contributed by atoms with E-state index in [1.165, 1.54) is 7.11 Å². The van der Waals surface area contributed by atoms with Crippen molar-refractivity contribution in [3.05, 3.63) is 23.5 Å². The number of nitrogens with two attached hydrogens (primary N) is 1. The number of nitrogens with zero attached hydrogens (tertiary/aromatic N) is 1. The maximum atomic E-state index is 13.3. The largest absolute Gasteiger partial charge is 0.464 e. The molecule has 4 nitrogen and oxygen atoms in total. The summed E-state index contributed by atoms with van der Waals surface area (Å²) >= 11 is 0. The number of methoxy groups -OCH3 is 1. The van der Waals surface area contributed by atoms with Crippen molar-refractivity contribution in [3.63, 3.8) is 0 Å². The topological polar surface area (TPSA) is 57.2 Å². The first-order valence-corrected chi connectivity index (χ1v) is 6.67. The standard InChI is InChI=1S/C14H20F2N2O2/c1-18-8-10(7-11(18)12(19)20-2)13(9-17)3-5-14(15,16)6-4-13/h7-8H,3-6,9,17H2,1-2H3. The van der Waals surface area contributed by atoms with Crippen LogP contribution in [0, 0.1) is 0 Å². The molecule has 1 fully saturated rings. The summed E-state index contributed by atoms with van der Waals surface area (Å²) in [7, 11) is 3.05. The molecule has 1 aliphatic carbocycles. The van der Waals surface area contributed by atoms with Crippen LogP contribution in [0.5, 0.6) is 0 Å². The molecule has 0 aliphatic heterocycles. The van der Waals surface area contributed by atoms with Gasteiger partial charge in [0.2, 0.25) is 5.92 Å². The van der Waals surface area contributed by atoms with E-state index in [-0.39, 0.29) is 12.8 Å². The summed E-state index contributed by atoms with van der Waals surface area (Å²) < 4.78 is 33.1. The first kappa shape index (κ1) is 15.0. The molecule has 2 rings (SSSR count). The first-order valence-electron chi connectivity index (χ1n) is 6.67. The molecule has 2 N–H and O–H groups in total. The van der Waals surface area contributed by atoms with Crippen LogP contribution in [0.15, 0.2) is 12.3 Å². The summed E-state index contributed by atoms with van der Waals surface area (Å²) in [5.41, 5.74) is 6.65. The average Bonchev–Trinajstić information content (AvgIpc) is 2.81. The third-order valence-corrected chi connectivity index (χ3v) is 4.34. The van der Waals surface area contributed by atoms with Crippen molar-refractivity contribution >= 4 is 5.97 Å². The molecule has 0 spiro atoms. The van der Waals surface area contributed by atoms with Crippen LogP contribution < -0.4 is 5.73 Å². The molecule has 112 valence electrons. The van der Waals surface area contributed by atoms with Crippen LogP contribution in [0.2, 0.25) is 0 Å². The second-order valence-electron chi connectivity index (χ2n) is 5.56. The number of esters is 1. The van der Waals surface area contributed by atoms with Gasteiger partial charge >= 0.3 is 5.97 Å². The summed E-state index contributed by atoms with van der Waals surface area (Å²) in [4.78, 5) is 11.6. The summed E-state index contributed by atoms with van der Waals surface area (Å²) in [6.45, 7) is 0.299. The maximum Gasteiger partial charge on any atom is 0.354 e. The Bertz CT molecular complexity index is 501. The van der Waals surface area contributed by atoms with E-state index in [1.54, 1.807) is 23.9 Å². The molecule has 20 heavy (non-hydrogen) atoms. The zero-order valence-electron chi connectivity index (χ0n) is 11.8. The number of aromatic nitrogens is 1. The minimum absolute atomic E-state index is 0.160. The molecule has 0 atom stereocenters. The monoisotopic (exact) mass is 286 g/mol. The van der Waals surface area contributed by atoms with Gasteiger partial charge in [-0.1, -0.05) is 0 Å². The molecule has 1 heterocycles. The number of halogens is 2. The molecule has 1 aromatic heterocycles. The highest BCUT2D eigenvalue weighted by Gasteiger charge is 2.44. The Morgan fingerprint density at radius 1 is 1.40 bits per heavy atom. The minimum Gasteiger partial charge on any atom is -0.464 e. The molecule has 0 radical (unpaired) electrons. The molecular weight excluding hydrogens is 266 g/mol. The first-order chi connectivity index (χ1) is 9.33. The molecule has 0 unspecified atom stereocenters. The normalized spacial score (nSPS) is 20.6. The zero-order valence-corrected chi connectivity index (χ0v) is 11.8. The van der Waals surface area contributed by atoms with Crippen molar-refractivity contribution in [1.82, 2.24) is 4.57 Å². The SMILES string of the molecule is COC(=O)c1cc(C2(CN)CCC(F)(F)CC2)cn1C. The lowest BCUT2D eigenvalue weighted by molar-refractivity contribution is -0.0509. The van der Waals surface area contributed by atoms with Crippen LogP contribution in [0.1, 0.15) is 41.7 Å². The van der Waals surface area contributed by atoms with Gasteiger partial charge in [-0.15, -0.1) is 0 Å². The Hall–Kier alpha value is -1.43. The third kappa shape index (κ3) is 2.57. The van der Waals surface area contributed by atoms with Crippen LogP contribution in [0.3, 0.4) is 0 Å². The van der Waals surface area contributed by atoms with E-state index in [4.69, 9.17) is 10.5 Å². The number of alkyl halides is 2. The molecule has 1 aromatic rings. The lowest BCUT2D eigenvalue weighted by atomic mass is 9.69. The number of hydrogen-bond donors (Lipinski definition) is 1. The van der Waals surface area contributed by atoms with Crippen molar-refractivity contribution in [2.24, 2.45) is 12.8 Å². The van der Waals surface area contributed by atoms with E-state index in [2.05, 4.69) is 0 Å². The van der Waals surface area contributed by atoms with E-state index >= 15 is 0 Å². The van der Waals surface area contributed by atoms with E-state index in [0.29, 0.717) is 25.1 Å². The molecule has 1 aliphatic rings. The summed E-state index contributed by atoms with van der Waals surface area (Å²) in [6, 6.07) is 1.71. The van der Waals surface area contributed by atoms with Crippen molar-refractivity contribution < 1.29 is 18.3 Å². The van der Waals surface area contributed by atoms with Gasteiger partial charge in [0, 0.05) is 38.0 Å². The lowest BCUT2D eigenvalue weighted by Crippen LogP contribution is -2.41. The highest BCUT2D eigenvalue weighted by molar-refractivity contribution is 5.88. The van der Waals surface area contributed by atoms with Crippen LogP contribution in [0.25, 0.3) is 0 Å². The molecular formula is C14H20F2N2O2. The van der Waals surface area contributed by atoms with Gasteiger partial charge in [-0.2, -0.15) is 0 Å². The van der Waals surface area contributed by atoms with Crippen LogP contribution >= 0.6 is 0 Å². The van der Waals surface area contributed by atoms with Crippen molar-refractivity contribution in [2.75, 3.05) is 13.7 Å². The Morgan fingerprint density at radius 3 is 2.50 bits per heavy atom. The number of aryl methyl sites for hydroxylation is 1. The van der Waals surface area contributed by atoms with Gasteiger partial charge in [0.05, 0.1) is 7.11 Å². The number of ether oxygens (including phenoxy) is 1. The molecule has 0 amide bonds. The van der Waals surface area contributed by atoms with Crippen molar-refractivity contribution in [3.8, 4) is 0 Å². The molecule has 0 saturated heterocycles. The van der Waals surface area contributed by atoms with Gasteiger partial charge in [-0.3, -0.25) is 0 Å². The van der Waals surface area contributed by atoms with Gasteiger partial charge in [-0.25, -0.2) is 13.6 Å². The van der Waals surface area contributed by atoms with Crippen molar-refractivity contribution in [2.45, 2.75) is 37.0 Å². The van der Waals surface area contributed by atoms with Crippen molar-refractivity contribution in [1.29, 1.82) is 0 Å². The van der Waals surface area contributed by atoms with Gasteiger partial charge in [0.25, 0.3) is 0 Å². The fourth-order valence-electron chi connectivity index (χ4n) is 2.87. The van der Waals surface area contributed by atoms with E-state index in [9.17, 15) is 13.6 Å². The second-order valence-corrected chi connectivity index (χ2v) is 5.56. The van der Waals surface area contributed by atoms with Crippen LogP contribution in [-0.2, 0) is 17.2 Å². The third-order valence-electron chi connectivity index (χ3n) is 4.34. The minimum atomic E-state index is -2.60. The maximum absolute atomic E-state index is 13.3. The predicted molar refractivity (Wildman–Crippen MR) is 70.9 cm³/mol. The van der Waals surface area contributed by atoms with E-state index in [0.717, 1.165) is 5.56 Å². The fraction of sp³-hybridized carbons (Fsp3) is 0.643. The molecule has 1 saturated carbocycles. The summed E-state index contributed by atoms with van der Waals surface area (Å²) in [5.74, 6) is -3.04. The Morgan fingerprint density at radius 2 is 2.00 bits per heavy atom. The van der Waals surface area contributed by atoms with E-state index < -0.39 is 17.3 Å².